The molecule has 8 nitrogen and oxygen atoms in total. The fourth-order valence-corrected chi connectivity index (χ4v) is 4.79. The van der Waals surface area contributed by atoms with Crippen molar-refractivity contribution in [1.82, 2.24) is 13.9 Å². The highest BCUT2D eigenvalue weighted by molar-refractivity contribution is 7.89. The van der Waals surface area contributed by atoms with E-state index in [0.717, 1.165) is 11.0 Å². The molecular formula is C20H23N3O5S. The highest BCUT2D eigenvalue weighted by Gasteiger charge is 2.26. The second kappa shape index (κ2) is 8.40. The molecule has 154 valence electrons. The van der Waals surface area contributed by atoms with Gasteiger partial charge < -0.3 is 14.5 Å². The molecule has 0 aliphatic carbocycles. The van der Waals surface area contributed by atoms with Crippen molar-refractivity contribution in [3.8, 4) is 5.75 Å². The lowest BCUT2D eigenvalue weighted by molar-refractivity contribution is 0.0730. The molecular weight excluding hydrogens is 394 g/mol. The largest absolute Gasteiger partial charge is 0.494 e. The molecule has 0 bridgehead atoms. The average Bonchev–Trinajstić information content (AvgIpc) is 3.07. The Morgan fingerprint density at radius 2 is 1.76 bits per heavy atom. The molecule has 2 heterocycles. The van der Waals surface area contributed by atoms with Crippen LogP contribution in [-0.2, 0) is 21.3 Å². The van der Waals surface area contributed by atoms with Crippen molar-refractivity contribution < 1.29 is 17.9 Å². The smallest absolute Gasteiger partial charge is 0.326 e. The summed E-state index contributed by atoms with van der Waals surface area (Å²) in [5.74, 6) is 0.595. The monoisotopic (exact) mass is 417 g/mol. The number of fused-ring (bicyclic) bond motifs is 1. The number of hydrogen-bond donors (Lipinski definition) is 1. The Balaban J connectivity index is 1.33. The van der Waals surface area contributed by atoms with Gasteiger partial charge in [-0.25, -0.2) is 13.2 Å². The predicted molar refractivity (Wildman–Crippen MR) is 109 cm³/mol. The molecule has 0 spiro atoms. The summed E-state index contributed by atoms with van der Waals surface area (Å²) in [6, 6.07) is 14.0. The highest BCUT2D eigenvalue weighted by Crippen LogP contribution is 2.20. The second-order valence-electron chi connectivity index (χ2n) is 6.79. The molecule has 1 saturated heterocycles. The van der Waals surface area contributed by atoms with Crippen LogP contribution in [0.1, 0.15) is 6.42 Å². The molecule has 1 fully saturated rings. The summed E-state index contributed by atoms with van der Waals surface area (Å²) < 4.78 is 39.3. The number of aromatic amines is 1. The van der Waals surface area contributed by atoms with Crippen LogP contribution in [-0.4, -0.2) is 55.2 Å². The van der Waals surface area contributed by atoms with E-state index in [0.29, 0.717) is 51.6 Å². The van der Waals surface area contributed by atoms with E-state index in [4.69, 9.17) is 9.47 Å². The van der Waals surface area contributed by atoms with Gasteiger partial charge in [0, 0.05) is 19.6 Å². The van der Waals surface area contributed by atoms with E-state index in [-0.39, 0.29) is 10.6 Å². The summed E-state index contributed by atoms with van der Waals surface area (Å²) in [5.41, 5.74) is 1.55. The Bertz CT molecular complexity index is 1130. The van der Waals surface area contributed by atoms with Gasteiger partial charge in [-0.1, -0.05) is 12.1 Å². The number of ether oxygens (including phenoxy) is 2. The van der Waals surface area contributed by atoms with Gasteiger partial charge in [-0.15, -0.1) is 0 Å². The molecule has 0 saturated carbocycles. The van der Waals surface area contributed by atoms with Crippen LogP contribution in [0.2, 0.25) is 0 Å². The van der Waals surface area contributed by atoms with Crippen molar-refractivity contribution in [3.05, 3.63) is 59.0 Å². The summed E-state index contributed by atoms with van der Waals surface area (Å²) >= 11 is 0. The molecule has 1 aliphatic heterocycles. The van der Waals surface area contributed by atoms with E-state index in [9.17, 15) is 13.2 Å². The summed E-state index contributed by atoms with van der Waals surface area (Å²) in [7, 11) is -3.50. The molecule has 4 rings (SSSR count). The summed E-state index contributed by atoms with van der Waals surface area (Å²) in [4.78, 5) is 15.1. The minimum atomic E-state index is -3.50. The number of hydrogen-bond acceptors (Lipinski definition) is 5. The van der Waals surface area contributed by atoms with E-state index in [1.807, 2.05) is 24.3 Å². The molecule has 0 atom stereocenters. The fourth-order valence-electron chi connectivity index (χ4n) is 3.39. The van der Waals surface area contributed by atoms with Gasteiger partial charge in [0.25, 0.3) is 0 Å². The Morgan fingerprint density at radius 1 is 1.03 bits per heavy atom. The maximum absolute atomic E-state index is 12.6. The van der Waals surface area contributed by atoms with Gasteiger partial charge in [-0.05, 0) is 42.8 Å². The van der Waals surface area contributed by atoms with Crippen molar-refractivity contribution in [3.63, 3.8) is 0 Å². The number of nitrogens with zero attached hydrogens (tertiary/aromatic N) is 2. The van der Waals surface area contributed by atoms with Crippen molar-refractivity contribution in [2.45, 2.75) is 17.9 Å². The summed E-state index contributed by atoms with van der Waals surface area (Å²) in [6.07, 6.45) is 0.648. The van der Waals surface area contributed by atoms with Crippen molar-refractivity contribution in [2.24, 2.45) is 0 Å². The van der Waals surface area contributed by atoms with E-state index in [2.05, 4.69) is 4.98 Å². The van der Waals surface area contributed by atoms with Crippen LogP contribution < -0.4 is 10.4 Å². The average molecular weight is 417 g/mol. The minimum absolute atomic E-state index is 0.135. The number of imidazole rings is 1. The number of aromatic nitrogens is 2. The van der Waals surface area contributed by atoms with Gasteiger partial charge in [0.2, 0.25) is 10.0 Å². The topological polar surface area (TPSA) is 93.6 Å². The summed E-state index contributed by atoms with van der Waals surface area (Å²) in [5, 5.41) is 0. The van der Waals surface area contributed by atoms with E-state index in [1.165, 1.54) is 4.31 Å². The number of benzene rings is 2. The zero-order valence-electron chi connectivity index (χ0n) is 15.9. The molecule has 1 N–H and O–H groups in total. The van der Waals surface area contributed by atoms with E-state index >= 15 is 0 Å². The lowest BCUT2D eigenvalue weighted by Gasteiger charge is -2.26. The van der Waals surface area contributed by atoms with Crippen LogP contribution in [0.25, 0.3) is 11.0 Å². The molecule has 3 aromatic rings. The van der Waals surface area contributed by atoms with Crippen LogP contribution in [0.5, 0.6) is 5.75 Å². The third kappa shape index (κ3) is 4.21. The molecule has 1 aromatic heterocycles. The van der Waals surface area contributed by atoms with Gasteiger partial charge in [0.05, 0.1) is 35.7 Å². The molecule has 9 heteroatoms. The first-order chi connectivity index (χ1) is 14.1. The van der Waals surface area contributed by atoms with Gasteiger partial charge in [0.15, 0.2) is 0 Å². The lowest BCUT2D eigenvalue weighted by atomic mass is 10.3. The Morgan fingerprint density at radius 3 is 2.52 bits per heavy atom. The number of sulfonamides is 1. The van der Waals surface area contributed by atoms with Crippen molar-refractivity contribution in [1.29, 1.82) is 0 Å². The van der Waals surface area contributed by atoms with E-state index < -0.39 is 10.0 Å². The highest BCUT2D eigenvalue weighted by atomic mass is 32.2. The minimum Gasteiger partial charge on any atom is -0.494 e. The van der Waals surface area contributed by atoms with Crippen molar-refractivity contribution >= 4 is 21.1 Å². The third-order valence-corrected chi connectivity index (χ3v) is 6.82. The number of nitrogens with one attached hydrogen (secondary N) is 1. The zero-order chi connectivity index (χ0) is 20.3. The van der Waals surface area contributed by atoms with Gasteiger partial charge in [0.1, 0.15) is 5.75 Å². The second-order valence-corrected chi connectivity index (χ2v) is 8.73. The van der Waals surface area contributed by atoms with E-state index in [1.54, 1.807) is 28.8 Å². The first kappa shape index (κ1) is 19.7. The normalized spacial score (nSPS) is 15.6. The molecule has 0 amide bonds. The fraction of sp³-hybridized carbons (Fsp3) is 0.350. The zero-order valence-corrected chi connectivity index (χ0v) is 16.7. The van der Waals surface area contributed by atoms with Gasteiger partial charge >= 0.3 is 5.69 Å². The maximum Gasteiger partial charge on any atom is 0.326 e. The Kier molecular flexibility index (Phi) is 5.70. The molecule has 2 aromatic carbocycles. The Hall–Kier alpha value is -2.62. The van der Waals surface area contributed by atoms with Crippen molar-refractivity contribution in [2.75, 3.05) is 32.9 Å². The third-order valence-electron chi connectivity index (χ3n) is 4.91. The number of para-hydroxylation sites is 2. The predicted octanol–water partition coefficient (Wildman–Crippen LogP) is 1.82. The maximum atomic E-state index is 12.6. The number of morpholine rings is 1. The summed E-state index contributed by atoms with van der Waals surface area (Å²) in [6.45, 7) is 2.52. The van der Waals surface area contributed by atoms with Crippen LogP contribution in [0.4, 0.5) is 0 Å². The number of rotatable bonds is 7. The Labute approximate surface area is 168 Å². The number of aryl methyl sites for hydroxylation is 1. The SMILES string of the molecule is O=c1[nH]c2ccccc2n1CCCOc1ccc(S(=O)(=O)N2CCOCC2)cc1. The first-order valence-corrected chi connectivity index (χ1v) is 11.0. The standard InChI is InChI=1S/C20H23N3O5S/c24-20-21-18-4-1-2-5-19(18)23(20)10-3-13-28-16-6-8-17(9-7-16)29(25,26)22-11-14-27-15-12-22/h1-2,4-9H,3,10-15H2,(H,21,24). The van der Waals surface area contributed by atoms with Gasteiger partial charge in [-0.2, -0.15) is 4.31 Å². The molecule has 0 unspecified atom stereocenters. The number of H-pyrrole nitrogens is 1. The molecule has 0 radical (unpaired) electrons. The lowest BCUT2D eigenvalue weighted by Crippen LogP contribution is -2.40. The van der Waals surface area contributed by atoms with Crippen LogP contribution in [0.3, 0.4) is 0 Å². The van der Waals surface area contributed by atoms with Crippen LogP contribution >= 0.6 is 0 Å². The van der Waals surface area contributed by atoms with Crippen LogP contribution in [0.15, 0.2) is 58.2 Å². The van der Waals surface area contributed by atoms with Crippen LogP contribution in [0, 0.1) is 0 Å². The first-order valence-electron chi connectivity index (χ1n) is 9.54. The molecule has 1 aliphatic rings. The molecule has 29 heavy (non-hydrogen) atoms. The van der Waals surface area contributed by atoms with Gasteiger partial charge in [-0.3, -0.25) is 4.57 Å². The quantitative estimate of drug-likeness (QED) is 0.592.